The van der Waals surface area contributed by atoms with Gasteiger partial charge in [0.25, 0.3) is 11.8 Å². The zero-order valence-electron chi connectivity index (χ0n) is 16.4. The van der Waals surface area contributed by atoms with Crippen molar-refractivity contribution in [2.75, 3.05) is 19.8 Å². The molecule has 2 aromatic carbocycles. The van der Waals surface area contributed by atoms with Gasteiger partial charge in [-0.1, -0.05) is 18.2 Å². The van der Waals surface area contributed by atoms with Crippen molar-refractivity contribution in [2.24, 2.45) is 0 Å². The molecule has 1 atom stereocenters. The maximum absolute atomic E-state index is 13.0. The molecule has 3 aliphatic heterocycles. The van der Waals surface area contributed by atoms with E-state index in [9.17, 15) is 22.8 Å². The summed E-state index contributed by atoms with van der Waals surface area (Å²) >= 11 is 0. The highest BCUT2D eigenvalue weighted by Gasteiger charge is 2.39. The first kappa shape index (κ1) is 19.7. The maximum atomic E-state index is 13.0. The number of carbonyl (C=O) groups is 2. The number of hydrogen-bond acceptors (Lipinski definition) is 4. The van der Waals surface area contributed by atoms with Gasteiger partial charge in [-0.15, -0.1) is 0 Å². The molecule has 0 bridgehead atoms. The predicted octanol–water partition coefficient (Wildman–Crippen LogP) is 3.69. The number of hydrogen-bond donors (Lipinski definition) is 0. The van der Waals surface area contributed by atoms with Crippen LogP contribution in [-0.4, -0.2) is 47.7 Å². The van der Waals surface area contributed by atoms with Gasteiger partial charge in [-0.2, -0.15) is 13.2 Å². The van der Waals surface area contributed by atoms with Crippen LogP contribution in [0.2, 0.25) is 0 Å². The average Bonchev–Trinajstić information content (AvgIpc) is 3.21. The van der Waals surface area contributed by atoms with Crippen LogP contribution >= 0.6 is 0 Å². The number of rotatable bonds is 3. The highest BCUT2D eigenvalue weighted by Crippen LogP contribution is 2.38. The number of fused-ring (bicyclic) bond motifs is 3. The smallest absolute Gasteiger partial charge is 0.416 e. The highest BCUT2D eigenvalue weighted by atomic mass is 19.4. The van der Waals surface area contributed by atoms with Gasteiger partial charge in [0.1, 0.15) is 11.5 Å². The van der Waals surface area contributed by atoms with Gasteiger partial charge in [0.15, 0.2) is 13.0 Å². The van der Waals surface area contributed by atoms with Gasteiger partial charge in [-0.25, -0.2) is 0 Å². The lowest BCUT2D eigenvalue weighted by molar-refractivity contribution is -0.137. The molecule has 9 heteroatoms. The van der Waals surface area contributed by atoms with Crippen molar-refractivity contribution in [3.8, 4) is 11.5 Å². The second-order valence-corrected chi connectivity index (χ2v) is 7.85. The number of amides is 2. The van der Waals surface area contributed by atoms with Crippen LogP contribution in [0.25, 0.3) is 0 Å². The van der Waals surface area contributed by atoms with Crippen molar-refractivity contribution in [1.29, 1.82) is 0 Å². The first-order valence-electron chi connectivity index (χ1n) is 10.0. The third-order valence-electron chi connectivity index (χ3n) is 5.85. The van der Waals surface area contributed by atoms with E-state index in [4.69, 9.17) is 9.47 Å². The molecular formula is C22H19F3N2O4. The predicted molar refractivity (Wildman–Crippen MR) is 103 cm³/mol. The van der Waals surface area contributed by atoms with E-state index in [0.29, 0.717) is 29.2 Å². The number of ether oxygens (including phenoxy) is 2. The van der Waals surface area contributed by atoms with Crippen LogP contribution in [0.3, 0.4) is 0 Å². The molecule has 2 aromatic rings. The zero-order chi connectivity index (χ0) is 21.8. The van der Waals surface area contributed by atoms with Crippen LogP contribution in [0.1, 0.15) is 44.7 Å². The number of halogens is 3. The molecule has 0 spiro atoms. The Morgan fingerprint density at radius 3 is 2.61 bits per heavy atom. The SMILES string of the molecule is O=C1c2cc3c(cc2OCN1CCc1cccc(C(F)(F)F)c1)C(=O)N1CCCC1O3. The number of alkyl halides is 3. The first-order valence-corrected chi connectivity index (χ1v) is 10.0. The summed E-state index contributed by atoms with van der Waals surface area (Å²) in [5.41, 5.74) is 0.426. The fourth-order valence-corrected chi connectivity index (χ4v) is 4.21. The van der Waals surface area contributed by atoms with Crippen LogP contribution in [0.5, 0.6) is 11.5 Å². The Kier molecular flexibility index (Phi) is 4.56. The zero-order valence-corrected chi connectivity index (χ0v) is 16.4. The lowest BCUT2D eigenvalue weighted by Gasteiger charge is -2.34. The molecule has 0 aromatic heterocycles. The second kappa shape index (κ2) is 7.18. The molecule has 1 unspecified atom stereocenters. The summed E-state index contributed by atoms with van der Waals surface area (Å²) in [4.78, 5) is 28.8. The molecule has 3 aliphatic rings. The van der Waals surface area contributed by atoms with Crippen molar-refractivity contribution >= 4 is 11.8 Å². The topological polar surface area (TPSA) is 59.1 Å². The molecule has 1 fully saturated rings. The summed E-state index contributed by atoms with van der Waals surface area (Å²) in [6, 6.07) is 8.15. The van der Waals surface area contributed by atoms with Gasteiger partial charge in [0, 0.05) is 19.5 Å². The van der Waals surface area contributed by atoms with E-state index in [-0.39, 0.29) is 43.3 Å². The van der Waals surface area contributed by atoms with Gasteiger partial charge in [-0.3, -0.25) is 9.59 Å². The van der Waals surface area contributed by atoms with Crippen molar-refractivity contribution < 1.29 is 32.2 Å². The van der Waals surface area contributed by atoms with E-state index in [1.54, 1.807) is 17.0 Å². The molecule has 0 saturated carbocycles. The summed E-state index contributed by atoms with van der Waals surface area (Å²) in [5.74, 6) is 0.243. The minimum absolute atomic E-state index is 0.0367. The van der Waals surface area contributed by atoms with Crippen LogP contribution in [0, 0.1) is 0 Å². The van der Waals surface area contributed by atoms with Crippen molar-refractivity contribution in [1.82, 2.24) is 9.80 Å². The van der Waals surface area contributed by atoms with Crippen LogP contribution in [-0.2, 0) is 12.6 Å². The highest BCUT2D eigenvalue weighted by molar-refractivity contribution is 6.03. The Balaban J connectivity index is 1.34. The van der Waals surface area contributed by atoms with E-state index in [1.807, 2.05) is 0 Å². The summed E-state index contributed by atoms with van der Waals surface area (Å²) < 4.78 is 50.4. The lowest BCUT2D eigenvalue weighted by atomic mass is 10.0. The monoisotopic (exact) mass is 432 g/mol. The van der Waals surface area contributed by atoms with Gasteiger partial charge in [0.05, 0.1) is 16.7 Å². The number of carbonyl (C=O) groups excluding carboxylic acids is 2. The molecular weight excluding hydrogens is 413 g/mol. The summed E-state index contributed by atoms with van der Waals surface area (Å²) in [6.45, 7) is 0.807. The summed E-state index contributed by atoms with van der Waals surface area (Å²) in [5, 5.41) is 0. The van der Waals surface area contributed by atoms with E-state index in [0.717, 1.165) is 25.0 Å². The molecule has 6 nitrogen and oxygen atoms in total. The standard InChI is InChI=1S/C22H19F3N2O4/c23-22(24,25)14-4-1-3-13(9-14)6-8-26-12-30-17-10-16-18(11-15(17)20(26)28)31-19-5-2-7-27(19)21(16)29/h1,3-4,9-11,19H,2,5-8,12H2. The summed E-state index contributed by atoms with van der Waals surface area (Å²) in [7, 11) is 0. The second-order valence-electron chi connectivity index (χ2n) is 7.85. The van der Waals surface area contributed by atoms with Crippen molar-refractivity contribution in [2.45, 2.75) is 31.7 Å². The van der Waals surface area contributed by atoms with Crippen LogP contribution < -0.4 is 9.47 Å². The van der Waals surface area contributed by atoms with E-state index >= 15 is 0 Å². The summed E-state index contributed by atoms with van der Waals surface area (Å²) in [6.07, 6.45) is -2.86. The van der Waals surface area contributed by atoms with Crippen LogP contribution in [0.15, 0.2) is 36.4 Å². The minimum atomic E-state index is -4.41. The van der Waals surface area contributed by atoms with Crippen molar-refractivity contribution in [3.05, 3.63) is 58.7 Å². The van der Waals surface area contributed by atoms with Crippen molar-refractivity contribution in [3.63, 3.8) is 0 Å². The molecule has 162 valence electrons. The first-order chi connectivity index (χ1) is 14.8. The Bertz CT molecular complexity index is 1070. The Morgan fingerprint density at radius 1 is 1.03 bits per heavy atom. The molecule has 5 rings (SSSR count). The molecule has 0 radical (unpaired) electrons. The van der Waals surface area contributed by atoms with E-state index < -0.39 is 11.7 Å². The Labute approximate surface area is 176 Å². The Hall–Kier alpha value is -3.23. The normalized spacial score (nSPS) is 20.0. The number of benzene rings is 2. The molecule has 2 amide bonds. The average molecular weight is 432 g/mol. The molecule has 0 aliphatic carbocycles. The number of nitrogens with zero attached hydrogens (tertiary/aromatic N) is 2. The minimum Gasteiger partial charge on any atom is -0.472 e. The fourth-order valence-electron chi connectivity index (χ4n) is 4.21. The third-order valence-corrected chi connectivity index (χ3v) is 5.85. The largest absolute Gasteiger partial charge is 0.472 e. The maximum Gasteiger partial charge on any atom is 0.416 e. The van der Waals surface area contributed by atoms with Gasteiger partial charge < -0.3 is 19.3 Å². The quantitative estimate of drug-likeness (QED) is 0.742. The Morgan fingerprint density at radius 2 is 1.81 bits per heavy atom. The van der Waals surface area contributed by atoms with E-state index in [2.05, 4.69) is 0 Å². The van der Waals surface area contributed by atoms with Gasteiger partial charge >= 0.3 is 6.18 Å². The van der Waals surface area contributed by atoms with Gasteiger partial charge in [0.2, 0.25) is 0 Å². The van der Waals surface area contributed by atoms with Crippen LogP contribution in [0.4, 0.5) is 13.2 Å². The molecule has 0 N–H and O–H groups in total. The fraction of sp³-hybridized carbons (Fsp3) is 0.364. The third kappa shape index (κ3) is 3.47. The van der Waals surface area contributed by atoms with E-state index in [1.165, 1.54) is 17.0 Å². The molecule has 31 heavy (non-hydrogen) atoms. The lowest BCUT2D eigenvalue weighted by Crippen LogP contribution is -2.44. The van der Waals surface area contributed by atoms with Gasteiger partial charge in [-0.05, 0) is 36.6 Å². The molecule has 3 heterocycles. The molecule has 1 saturated heterocycles.